The van der Waals surface area contributed by atoms with Gasteiger partial charge in [0, 0.05) is 18.1 Å². The van der Waals surface area contributed by atoms with Crippen molar-refractivity contribution in [2.24, 2.45) is 5.92 Å². The highest BCUT2D eigenvalue weighted by Crippen LogP contribution is 2.14. The highest BCUT2D eigenvalue weighted by Gasteiger charge is 2.04. The number of amides is 2. The molecule has 0 spiro atoms. The van der Waals surface area contributed by atoms with Gasteiger partial charge in [-0.2, -0.15) is 0 Å². The predicted octanol–water partition coefficient (Wildman–Crippen LogP) is 4.37. The van der Waals surface area contributed by atoms with Gasteiger partial charge in [0.2, 0.25) is 0 Å². The number of hydrogen-bond acceptors (Lipinski definition) is 2. The van der Waals surface area contributed by atoms with Gasteiger partial charge in [0.25, 0.3) is 0 Å². The number of hydrogen-bond donors (Lipinski definition) is 2. The monoisotopic (exact) mass is 346 g/mol. The molecule has 2 amide bonds. The number of carbonyl (C=O) groups is 1. The van der Waals surface area contributed by atoms with E-state index in [1.807, 2.05) is 42.5 Å². The van der Waals surface area contributed by atoms with Crippen molar-refractivity contribution in [3.05, 3.63) is 64.7 Å². The topological polar surface area (TPSA) is 50.4 Å². The lowest BCUT2D eigenvalue weighted by molar-refractivity contribution is 0.240. The Kier molecular flexibility index (Phi) is 6.94. The average molecular weight is 347 g/mol. The minimum atomic E-state index is -0.227. The van der Waals surface area contributed by atoms with Crippen molar-refractivity contribution >= 4 is 17.6 Å². The molecule has 0 heterocycles. The Balaban J connectivity index is 1.74. The molecule has 4 nitrogen and oxygen atoms in total. The summed E-state index contributed by atoms with van der Waals surface area (Å²) >= 11 is 6.06. The molecular weight excluding hydrogens is 324 g/mol. The summed E-state index contributed by atoms with van der Waals surface area (Å²) in [7, 11) is 0. The van der Waals surface area contributed by atoms with E-state index < -0.39 is 0 Å². The number of benzene rings is 2. The van der Waals surface area contributed by atoms with Gasteiger partial charge >= 0.3 is 6.03 Å². The quantitative estimate of drug-likeness (QED) is 0.782. The maximum Gasteiger partial charge on any atom is 0.315 e. The predicted molar refractivity (Wildman–Crippen MR) is 97.3 cm³/mol. The van der Waals surface area contributed by atoms with E-state index in [-0.39, 0.29) is 6.03 Å². The Bertz CT molecular complexity index is 657. The molecule has 0 saturated carbocycles. The van der Waals surface area contributed by atoms with Gasteiger partial charge < -0.3 is 15.4 Å². The molecule has 0 bridgehead atoms. The van der Waals surface area contributed by atoms with Crippen LogP contribution in [0, 0.1) is 5.92 Å². The summed E-state index contributed by atoms with van der Waals surface area (Å²) in [5.74, 6) is 1.34. The fraction of sp³-hybridized carbons (Fsp3) is 0.316. The fourth-order valence-corrected chi connectivity index (χ4v) is 2.23. The first-order chi connectivity index (χ1) is 11.5. The Hall–Kier alpha value is -2.20. The Labute approximate surface area is 148 Å². The van der Waals surface area contributed by atoms with Gasteiger partial charge in [-0.1, -0.05) is 55.8 Å². The van der Waals surface area contributed by atoms with Crippen LogP contribution in [-0.4, -0.2) is 12.6 Å². The van der Waals surface area contributed by atoms with E-state index in [1.54, 1.807) is 6.07 Å². The zero-order valence-corrected chi connectivity index (χ0v) is 14.8. The van der Waals surface area contributed by atoms with Gasteiger partial charge in [-0.05, 0) is 35.2 Å². The first-order valence-electron chi connectivity index (χ1n) is 8.01. The highest BCUT2D eigenvalue weighted by molar-refractivity contribution is 6.31. The molecule has 24 heavy (non-hydrogen) atoms. The minimum Gasteiger partial charge on any atom is -0.493 e. The van der Waals surface area contributed by atoms with Crippen LogP contribution in [0.15, 0.2) is 48.5 Å². The van der Waals surface area contributed by atoms with Crippen molar-refractivity contribution in [1.82, 2.24) is 10.6 Å². The van der Waals surface area contributed by atoms with Crippen LogP contribution < -0.4 is 15.4 Å². The number of halogens is 1. The molecule has 0 atom stereocenters. The van der Waals surface area contributed by atoms with E-state index in [0.717, 1.165) is 16.9 Å². The number of rotatable bonds is 7. The summed E-state index contributed by atoms with van der Waals surface area (Å²) < 4.78 is 5.63. The van der Waals surface area contributed by atoms with E-state index in [0.29, 0.717) is 30.6 Å². The third-order valence-corrected chi connectivity index (χ3v) is 3.73. The van der Waals surface area contributed by atoms with Gasteiger partial charge in [-0.25, -0.2) is 4.79 Å². The average Bonchev–Trinajstić information content (AvgIpc) is 2.58. The third-order valence-electron chi connectivity index (χ3n) is 3.36. The van der Waals surface area contributed by atoms with Crippen molar-refractivity contribution in [3.63, 3.8) is 0 Å². The van der Waals surface area contributed by atoms with E-state index in [4.69, 9.17) is 16.3 Å². The Morgan fingerprint density at radius 2 is 1.71 bits per heavy atom. The molecule has 2 aromatic carbocycles. The molecule has 2 aromatic rings. The molecule has 0 aliphatic rings. The smallest absolute Gasteiger partial charge is 0.315 e. The molecule has 2 rings (SSSR count). The maximum absolute atomic E-state index is 11.9. The van der Waals surface area contributed by atoms with Crippen LogP contribution in [0.25, 0.3) is 0 Å². The highest BCUT2D eigenvalue weighted by atomic mass is 35.5. The molecule has 5 heteroatoms. The third kappa shape index (κ3) is 6.13. The van der Waals surface area contributed by atoms with Gasteiger partial charge in [0.1, 0.15) is 5.75 Å². The first kappa shape index (κ1) is 18.1. The molecule has 0 unspecified atom stereocenters. The summed E-state index contributed by atoms with van der Waals surface area (Å²) in [5.41, 5.74) is 1.90. The second-order valence-corrected chi connectivity index (χ2v) is 6.38. The van der Waals surface area contributed by atoms with Gasteiger partial charge in [0.15, 0.2) is 0 Å². The largest absolute Gasteiger partial charge is 0.493 e. The van der Waals surface area contributed by atoms with E-state index in [2.05, 4.69) is 24.5 Å². The summed E-state index contributed by atoms with van der Waals surface area (Å²) in [5, 5.41) is 6.27. The summed E-state index contributed by atoms with van der Waals surface area (Å²) in [6.07, 6.45) is 0. The molecule has 0 aliphatic heterocycles. The lowest BCUT2D eigenvalue weighted by atomic mass is 10.2. The van der Waals surface area contributed by atoms with Crippen molar-refractivity contribution in [2.45, 2.75) is 26.9 Å². The van der Waals surface area contributed by atoms with Crippen molar-refractivity contribution in [3.8, 4) is 5.75 Å². The van der Waals surface area contributed by atoms with Crippen molar-refractivity contribution in [2.75, 3.05) is 6.61 Å². The van der Waals surface area contributed by atoms with E-state index in [9.17, 15) is 4.79 Å². The first-order valence-corrected chi connectivity index (χ1v) is 8.39. The normalized spacial score (nSPS) is 10.5. The summed E-state index contributed by atoms with van der Waals surface area (Å²) in [6, 6.07) is 15.0. The number of nitrogens with one attached hydrogen (secondary N) is 2. The Morgan fingerprint density at radius 3 is 2.38 bits per heavy atom. The van der Waals surface area contributed by atoms with Crippen LogP contribution in [0.4, 0.5) is 4.79 Å². The van der Waals surface area contributed by atoms with Crippen LogP contribution in [0.1, 0.15) is 25.0 Å². The second kappa shape index (κ2) is 9.18. The van der Waals surface area contributed by atoms with Gasteiger partial charge in [-0.3, -0.25) is 0 Å². The van der Waals surface area contributed by atoms with E-state index in [1.165, 1.54) is 0 Å². The standard InChI is InChI=1S/C19H23ClN2O2/c1-14(2)13-24-17-9-7-15(8-10-17)11-21-19(23)22-12-16-5-3-4-6-18(16)20/h3-10,14H,11-13H2,1-2H3,(H2,21,22,23). The Morgan fingerprint density at radius 1 is 1.04 bits per heavy atom. The van der Waals surface area contributed by atoms with Gasteiger partial charge in [-0.15, -0.1) is 0 Å². The molecule has 2 N–H and O–H groups in total. The molecule has 0 radical (unpaired) electrons. The summed E-state index contributed by atoms with van der Waals surface area (Å²) in [4.78, 5) is 11.9. The van der Waals surface area contributed by atoms with Crippen molar-refractivity contribution < 1.29 is 9.53 Å². The molecule has 0 fully saturated rings. The molecule has 0 aliphatic carbocycles. The van der Waals surface area contributed by atoms with Crippen LogP contribution in [0.2, 0.25) is 5.02 Å². The minimum absolute atomic E-state index is 0.227. The van der Waals surface area contributed by atoms with Crippen LogP contribution >= 0.6 is 11.6 Å². The number of carbonyl (C=O) groups excluding carboxylic acids is 1. The van der Waals surface area contributed by atoms with Crippen molar-refractivity contribution in [1.29, 1.82) is 0 Å². The lowest BCUT2D eigenvalue weighted by Gasteiger charge is -2.10. The molecule has 0 saturated heterocycles. The van der Waals surface area contributed by atoms with E-state index >= 15 is 0 Å². The zero-order valence-electron chi connectivity index (χ0n) is 14.0. The van der Waals surface area contributed by atoms with Gasteiger partial charge in [0.05, 0.1) is 6.61 Å². The number of urea groups is 1. The van der Waals surface area contributed by atoms with Crippen LogP contribution in [0.3, 0.4) is 0 Å². The second-order valence-electron chi connectivity index (χ2n) is 5.98. The number of ether oxygens (including phenoxy) is 1. The fourth-order valence-electron chi connectivity index (χ4n) is 2.03. The van der Waals surface area contributed by atoms with Crippen LogP contribution in [-0.2, 0) is 13.1 Å². The summed E-state index contributed by atoms with van der Waals surface area (Å²) in [6.45, 7) is 5.77. The molecular formula is C19H23ClN2O2. The van der Waals surface area contributed by atoms with Crippen LogP contribution in [0.5, 0.6) is 5.75 Å². The molecule has 0 aromatic heterocycles. The zero-order chi connectivity index (χ0) is 17.4. The SMILES string of the molecule is CC(C)COc1ccc(CNC(=O)NCc2ccccc2Cl)cc1. The molecule has 128 valence electrons. The lowest BCUT2D eigenvalue weighted by Crippen LogP contribution is -2.34. The maximum atomic E-state index is 11.9.